The van der Waals surface area contributed by atoms with Crippen molar-refractivity contribution in [1.29, 1.82) is 0 Å². The molecule has 2 aromatic rings. The van der Waals surface area contributed by atoms with Crippen molar-refractivity contribution >= 4 is 23.6 Å². The molecule has 7 nitrogen and oxygen atoms in total. The number of piperazine rings is 1. The molecule has 2 unspecified atom stereocenters. The lowest BCUT2D eigenvalue weighted by Crippen LogP contribution is -2.63. The quantitative estimate of drug-likeness (QED) is 0.461. The largest absolute Gasteiger partial charge is 0.504 e. The average Bonchev–Trinajstić information content (AvgIpc) is 3.18. The van der Waals surface area contributed by atoms with E-state index in [1.807, 2.05) is 0 Å². The molecule has 1 fully saturated rings. The molecule has 0 aliphatic carbocycles. The second-order valence-electron chi connectivity index (χ2n) is 6.64. The van der Waals surface area contributed by atoms with E-state index in [0.29, 0.717) is 17.7 Å². The number of benzene rings is 1. The van der Waals surface area contributed by atoms with Crippen LogP contribution in [0.1, 0.15) is 24.7 Å². The highest BCUT2D eigenvalue weighted by atomic mass is 32.2. The van der Waals surface area contributed by atoms with Gasteiger partial charge in [-0.3, -0.25) is 9.59 Å². The molecule has 1 aliphatic rings. The van der Waals surface area contributed by atoms with E-state index in [0.717, 1.165) is 11.5 Å². The molecule has 0 bridgehead atoms. The Morgan fingerprint density at radius 2 is 2.04 bits per heavy atom. The van der Waals surface area contributed by atoms with Crippen molar-refractivity contribution in [2.75, 3.05) is 11.5 Å². The highest BCUT2D eigenvalue weighted by Gasteiger charge is 2.40. The number of amides is 2. The first kappa shape index (κ1) is 20.1. The van der Waals surface area contributed by atoms with Gasteiger partial charge in [0.05, 0.1) is 12.8 Å². The zero-order chi connectivity index (χ0) is 20.1. The van der Waals surface area contributed by atoms with Crippen molar-refractivity contribution in [1.82, 2.24) is 10.2 Å². The van der Waals surface area contributed by atoms with Crippen LogP contribution < -0.4 is 5.32 Å². The van der Waals surface area contributed by atoms with Crippen LogP contribution in [0.15, 0.2) is 41.0 Å². The van der Waals surface area contributed by atoms with E-state index in [1.54, 1.807) is 34.9 Å². The van der Waals surface area contributed by atoms with Gasteiger partial charge in [-0.2, -0.15) is 11.8 Å². The van der Waals surface area contributed by atoms with Crippen LogP contribution in [-0.2, 0) is 22.6 Å². The fraction of sp³-hybridized carbons (Fsp3) is 0.400. The van der Waals surface area contributed by atoms with Gasteiger partial charge in [-0.1, -0.05) is 13.0 Å². The molecule has 3 N–H and O–H groups in total. The Morgan fingerprint density at radius 3 is 2.71 bits per heavy atom. The van der Waals surface area contributed by atoms with Crippen LogP contribution in [0.25, 0.3) is 0 Å². The summed E-state index contributed by atoms with van der Waals surface area (Å²) in [6.45, 7) is 2.25. The summed E-state index contributed by atoms with van der Waals surface area (Å²) in [7, 11) is 0. The van der Waals surface area contributed by atoms with Gasteiger partial charge >= 0.3 is 0 Å². The number of thioether (sulfide) groups is 1. The van der Waals surface area contributed by atoms with Gasteiger partial charge in [0, 0.05) is 6.42 Å². The summed E-state index contributed by atoms with van der Waals surface area (Å²) in [5, 5.41) is 22.1. The number of carbonyl (C=O) groups is 2. The monoisotopic (exact) mass is 404 g/mol. The first-order valence-electron chi connectivity index (χ1n) is 9.21. The average molecular weight is 404 g/mol. The smallest absolute Gasteiger partial charge is 0.246 e. The zero-order valence-electron chi connectivity index (χ0n) is 15.6. The molecule has 150 valence electrons. The van der Waals surface area contributed by atoms with E-state index >= 15 is 0 Å². The van der Waals surface area contributed by atoms with Crippen LogP contribution >= 0.6 is 11.8 Å². The van der Waals surface area contributed by atoms with Gasteiger partial charge in [-0.15, -0.1) is 0 Å². The first-order chi connectivity index (χ1) is 13.5. The van der Waals surface area contributed by atoms with Crippen LogP contribution in [-0.4, -0.2) is 50.5 Å². The molecule has 1 aromatic carbocycles. The molecule has 28 heavy (non-hydrogen) atoms. The minimum atomic E-state index is -0.725. The molecule has 1 aromatic heterocycles. The maximum atomic E-state index is 13.1. The second kappa shape index (κ2) is 9.05. The Hall–Kier alpha value is -2.61. The summed E-state index contributed by atoms with van der Waals surface area (Å²) in [5.74, 6) is 1.49. The number of hydrogen-bond acceptors (Lipinski definition) is 6. The van der Waals surface area contributed by atoms with Crippen LogP contribution in [0, 0.1) is 0 Å². The number of hydrogen-bond donors (Lipinski definition) is 3. The predicted octanol–water partition coefficient (Wildman–Crippen LogP) is 2.27. The van der Waals surface area contributed by atoms with E-state index in [-0.39, 0.29) is 36.3 Å². The molecule has 3 rings (SSSR count). The number of nitrogens with one attached hydrogen (secondary N) is 1. The summed E-state index contributed by atoms with van der Waals surface area (Å²) in [6, 6.07) is 6.64. The van der Waals surface area contributed by atoms with Gasteiger partial charge in [-0.25, -0.2) is 0 Å². The molecular weight excluding hydrogens is 380 g/mol. The number of furan rings is 1. The Kier molecular flexibility index (Phi) is 6.51. The van der Waals surface area contributed by atoms with Crippen LogP contribution in [0.2, 0.25) is 0 Å². The van der Waals surface area contributed by atoms with Crippen LogP contribution in [0.3, 0.4) is 0 Å². The highest BCUT2D eigenvalue weighted by Crippen LogP contribution is 2.27. The number of rotatable bonds is 8. The number of aromatic hydroxyl groups is 2. The number of phenolic OH excluding ortho intramolecular Hbond substituents is 2. The molecule has 0 saturated carbocycles. The third kappa shape index (κ3) is 4.62. The van der Waals surface area contributed by atoms with E-state index < -0.39 is 12.1 Å². The van der Waals surface area contributed by atoms with Crippen molar-refractivity contribution < 1.29 is 24.2 Å². The topological polar surface area (TPSA) is 103 Å². The summed E-state index contributed by atoms with van der Waals surface area (Å²) in [4.78, 5) is 27.5. The molecular formula is C20H24N2O5S. The Balaban J connectivity index is 1.82. The lowest BCUT2D eigenvalue weighted by atomic mass is 9.98. The molecule has 1 aliphatic heterocycles. The van der Waals surface area contributed by atoms with Gasteiger partial charge < -0.3 is 24.8 Å². The molecule has 8 heteroatoms. The molecule has 2 heterocycles. The highest BCUT2D eigenvalue weighted by molar-refractivity contribution is 7.99. The number of nitrogens with zero attached hydrogens (tertiary/aromatic N) is 1. The molecule has 2 amide bonds. The van der Waals surface area contributed by atoms with Gasteiger partial charge in [0.2, 0.25) is 11.8 Å². The summed E-state index contributed by atoms with van der Waals surface area (Å²) < 4.78 is 5.38. The molecule has 0 radical (unpaired) electrons. The van der Waals surface area contributed by atoms with Crippen molar-refractivity contribution in [2.45, 2.75) is 38.4 Å². The van der Waals surface area contributed by atoms with Gasteiger partial charge in [-0.05, 0) is 47.8 Å². The van der Waals surface area contributed by atoms with Gasteiger partial charge in [0.15, 0.2) is 11.5 Å². The lowest BCUT2D eigenvalue weighted by Gasteiger charge is -2.38. The van der Waals surface area contributed by atoms with Crippen molar-refractivity contribution in [2.24, 2.45) is 0 Å². The van der Waals surface area contributed by atoms with E-state index in [9.17, 15) is 19.8 Å². The minimum absolute atomic E-state index is 0.138. The summed E-state index contributed by atoms with van der Waals surface area (Å²) >= 11 is 1.73. The molecule has 0 spiro atoms. The maximum absolute atomic E-state index is 13.1. The number of phenols is 2. The predicted molar refractivity (Wildman–Crippen MR) is 106 cm³/mol. The van der Waals surface area contributed by atoms with Crippen molar-refractivity contribution in [3.8, 4) is 11.5 Å². The van der Waals surface area contributed by atoms with Gasteiger partial charge in [0.1, 0.15) is 17.8 Å². The Morgan fingerprint density at radius 1 is 1.21 bits per heavy atom. The minimum Gasteiger partial charge on any atom is -0.504 e. The number of carbonyl (C=O) groups excluding carboxylic acids is 2. The van der Waals surface area contributed by atoms with E-state index in [1.165, 1.54) is 18.4 Å². The standard InChI is InChI=1S/C20H24N2O5S/c1-2-28-9-7-15-20(26)22(12-14-4-3-8-27-14)16(19(25)21-15)10-13-5-6-17(23)18(24)11-13/h3-6,8,11,15-16,23-24H,2,7,9-10,12H2,1H3,(H,21,25). The second-order valence-corrected chi connectivity index (χ2v) is 8.03. The third-order valence-corrected chi connectivity index (χ3v) is 5.64. The Bertz CT molecular complexity index is 824. The van der Waals surface area contributed by atoms with Crippen molar-refractivity contribution in [3.05, 3.63) is 47.9 Å². The normalized spacial score (nSPS) is 19.7. The Labute approximate surface area is 167 Å². The maximum Gasteiger partial charge on any atom is 0.246 e. The summed E-state index contributed by atoms with van der Waals surface area (Å²) in [5.41, 5.74) is 0.646. The zero-order valence-corrected chi connectivity index (χ0v) is 16.4. The molecule has 2 atom stereocenters. The van der Waals surface area contributed by atoms with Crippen molar-refractivity contribution in [3.63, 3.8) is 0 Å². The first-order valence-corrected chi connectivity index (χ1v) is 10.4. The SMILES string of the molecule is CCSCCC1NC(=O)C(Cc2ccc(O)c(O)c2)N(Cc2ccco2)C1=O. The third-order valence-electron chi connectivity index (χ3n) is 4.71. The fourth-order valence-electron chi connectivity index (χ4n) is 3.25. The van der Waals surface area contributed by atoms with Gasteiger partial charge in [0.25, 0.3) is 0 Å². The summed E-state index contributed by atoms with van der Waals surface area (Å²) in [6.07, 6.45) is 2.33. The van der Waals surface area contributed by atoms with Crippen LogP contribution in [0.4, 0.5) is 0 Å². The van der Waals surface area contributed by atoms with E-state index in [2.05, 4.69) is 12.2 Å². The van der Waals surface area contributed by atoms with E-state index in [4.69, 9.17) is 4.42 Å². The van der Waals surface area contributed by atoms with Crippen LogP contribution in [0.5, 0.6) is 11.5 Å². The lowest BCUT2D eigenvalue weighted by molar-refractivity contribution is -0.150. The molecule has 1 saturated heterocycles. The fourth-order valence-corrected chi connectivity index (χ4v) is 3.94.